The van der Waals surface area contributed by atoms with E-state index in [1.165, 1.54) is 11.8 Å². The zero-order valence-electron chi connectivity index (χ0n) is 23.5. The third-order valence-electron chi connectivity index (χ3n) is 7.44. The summed E-state index contributed by atoms with van der Waals surface area (Å²) >= 11 is 0. The van der Waals surface area contributed by atoms with Gasteiger partial charge in [-0.05, 0) is 73.2 Å². The summed E-state index contributed by atoms with van der Waals surface area (Å²) in [5, 5.41) is 15.3. The lowest BCUT2D eigenvalue weighted by Gasteiger charge is -2.30. The van der Waals surface area contributed by atoms with Gasteiger partial charge in [-0.15, -0.1) is 0 Å². The zero-order valence-corrected chi connectivity index (χ0v) is 23.5. The molecule has 1 aliphatic heterocycles. The number of carboxylic acid groups (broad SMARTS) is 1. The first-order valence-electron chi connectivity index (χ1n) is 13.8. The van der Waals surface area contributed by atoms with Gasteiger partial charge in [-0.25, -0.2) is 0 Å². The fourth-order valence-corrected chi connectivity index (χ4v) is 5.34. The number of likely N-dealkylation sites (tertiary alicyclic amines) is 1. The first-order valence-corrected chi connectivity index (χ1v) is 13.8. The number of aryl methyl sites for hydroxylation is 1. The molecule has 1 unspecified atom stereocenters. The van der Waals surface area contributed by atoms with Crippen molar-refractivity contribution in [2.24, 2.45) is 5.92 Å². The molecule has 0 saturated carbocycles. The number of alkyl halides is 3. The lowest BCUT2D eigenvalue weighted by Crippen LogP contribution is -2.42. The summed E-state index contributed by atoms with van der Waals surface area (Å²) in [6.45, 7) is 3.89. The van der Waals surface area contributed by atoms with E-state index in [9.17, 15) is 32.7 Å². The van der Waals surface area contributed by atoms with Crippen LogP contribution in [-0.2, 0) is 9.59 Å². The molecule has 0 bridgehead atoms. The number of amides is 2. The summed E-state index contributed by atoms with van der Waals surface area (Å²) in [5.74, 6) is -1.99. The first-order chi connectivity index (χ1) is 19.9. The van der Waals surface area contributed by atoms with E-state index in [0.717, 1.165) is 16.7 Å². The maximum atomic E-state index is 13.3. The molecule has 4 rings (SSSR count). The number of anilines is 2. The molecule has 10 heteroatoms. The van der Waals surface area contributed by atoms with Crippen molar-refractivity contribution < 1.29 is 32.7 Å². The number of hydrogen-bond donors (Lipinski definition) is 3. The molecule has 1 fully saturated rings. The van der Waals surface area contributed by atoms with Gasteiger partial charge in [0.2, 0.25) is 5.91 Å². The largest absolute Gasteiger partial charge is 0.481 e. The molecule has 0 spiro atoms. The van der Waals surface area contributed by atoms with Crippen LogP contribution in [0.2, 0.25) is 0 Å². The number of rotatable bonds is 9. The molecule has 1 saturated heterocycles. The Labute approximate surface area is 242 Å². The smallest absolute Gasteiger partial charge is 0.389 e. The monoisotopic (exact) mass is 581 g/mol. The van der Waals surface area contributed by atoms with Gasteiger partial charge in [-0.1, -0.05) is 36.4 Å². The third kappa shape index (κ3) is 7.90. The Morgan fingerprint density at radius 1 is 1.05 bits per heavy atom. The number of carboxylic acids is 1. The van der Waals surface area contributed by atoms with E-state index in [-0.39, 0.29) is 24.8 Å². The van der Waals surface area contributed by atoms with Crippen LogP contribution in [0.15, 0.2) is 66.7 Å². The van der Waals surface area contributed by atoms with Gasteiger partial charge >= 0.3 is 12.1 Å². The molecule has 1 aliphatic rings. The molecular formula is C32H34F3N3O4. The molecule has 0 radical (unpaired) electrons. The van der Waals surface area contributed by atoms with Crippen LogP contribution < -0.4 is 10.6 Å². The van der Waals surface area contributed by atoms with Crippen molar-refractivity contribution in [1.29, 1.82) is 0 Å². The minimum atomic E-state index is -4.33. The highest BCUT2D eigenvalue weighted by molar-refractivity contribution is 5.95. The average molecular weight is 582 g/mol. The number of benzene rings is 3. The van der Waals surface area contributed by atoms with Gasteiger partial charge in [-0.2, -0.15) is 13.2 Å². The minimum Gasteiger partial charge on any atom is -0.481 e. The highest BCUT2D eigenvalue weighted by Crippen LogP contribution is 2.35. The molecule has 2 atom stereocenters. The van der Waals surface area contributed by atoms with E-state index in [2.05, 4.69) is 10.6 Å². The number of carbonyl (C=O) groups excluding carboxylic acids is 2. The fraction of sp³-hybridized carbons (Fsp3) is 0.344. The third-order valence-corrected chi connectivity index (χ3v) is 7.44. The van der Waals surface area contributed by atoms with Crippen LogP contribution in [0.25, 0.3) is 11.1 Å². The van der Waals surface area contributed by atoms with Crippen molar-refractivity contribution in [2.75, 3.05) is 23.7 Å². The highest BCUT2D eigenvalue weighted by Gasteiger charge is 2.30. The number of aliphatic carboxylic acids is 1. The van der Waals surface area contributed by atoms with Gasteiger partial charge in [-0.3, -0.25) is 14.4 Å². The van der Waals surface area contributed by atoms with Crippen molar-refractivity contribution >= 4 is 29.2 Å². The molecule has 0 aromatic heterocycles. The van der Waals surface area contributed by atoms with Crippen molar-refractivity contribution in [3.63, 3.8) is 0 Å². The molecule has 1 heterocycles. The SMILES string of the molecule is CC(=O)Nc1ccccc1-c1ccc(C(CCC(F)(F)F)Nc2ccc(C(=O)N3CCC[C@@H](C(=O)O)C3)cc2)c(C)c1. The maximum Gasteiger partial charge on any atom is 0.389 e. The van der Waals surface area contributed by atoms with Crippen LogP contribution in [-0.4, -0.2) is 47.1 Å². The second-order valence-corrected chi connectivity index (χ2v) is 10.7. The Balaban J connectivity index is 1.55. The summed E-state index contributed by atoms with van der Waals surface area (Å²) in [5.41, 5.74) is 4.69. The predicted molar refractivity (Wildman–Crippen MR) is 155 cm³/mol. The van der Waals surface area contributed by atoms with Crippen LogP contribution in [0, 0.1) is 12.8 Å². The Morgan fingerprint density at radius 3 is 2.40 bits per heavy atom. The molecule has 3 aromatic carbocycles. The zero-order chi connectivity index (χ0) is 30.4. The standard InChI is InChI=1S/C32H34F3N3O4/c1-20-18-23(27-7-3-4-8-28(27)36-21(2)39)11-14-26(20)29(15-16-32(33,34)35)37-25-12-9-22(10-13-25)30(40)38-17-5-6-24(19-38)31(41)42/h3-4,7-14,18,24,29,37H,5-6,15-17,19H2,1-2H3,(H,36,39)(H,41,42)/t24-,29?/m1/s1. The van der Waals surface area contributed by atoms with Crippen molar-refractivity contribution in [3.05, 3.63) is 83.4 Å². The van der Waals surface area contributed by atoms with Crippen LogP contribution in [0.4, 0.5) is 24.5 Å². The van der Waals surface area contributed by atoms with Gasteiger partial charge in [0, 0.05) is 48.9 Å². The minimum absolute atomic E-state index is 0.151. The van der Waals surface area contributed by atoms with Gasteiger partial charge in [0.15, 0.2) is 0 Å². The summed E-state index contributed by atoms with van der Waals surface area (Å²) < 4.78 is 39.8. The molecule has 3 aromatic rings. The van der Waals surface area contributed by atoms with E-state index >= 15 is 0 Å². The predicted octanol–water partition coefficient (Wildman–Crippen LogP) is 7.05. The van der Waals surface area contributed by atoms with Crippen LogP contribution in [0.1, 0.15) is 60.1 Å². The molecule has 222 valence electrons. The van der Waals surface area contributed by atoms with E-state index in [1.807, 2.05) is 37.3 Å². The van der Waals surface area contributed by atoms with Crippen LogP contribution >= 0.6 is 0 Å². The Kier molecular flexibility index (Phi) is 9.55. The average Bonchev–Trinajstić information content (AvgIpc) is 2.95. The van der Waals surface area contributed by atoms with Gasteiger partial charge in [0.1, 0.15) is 0 Å². The van der Waals surface area contributed by atoms with Gasteiger partial charge < -0.3 is 20.6 Å². The Morgan fingerprint density at radius 2 is 1.76 bits per heavy atom. The maximum absolute atomic E-state index is 13.3. The van der Waals surface area contributed by atoms with Crippen molar-refractivity contribution in [2.45, 2.75) is 51.7 Å². The number of nitrogens with one attached hydrogen (secondary N) is 2. The fourth-order valence-electron chi connectivity index (χ4n) is 5.34. The summed E-state index contributed by atoms with van der Waals surface area (Å²) in [4.78, 5) is 37.5. The Bertz CT molecular complexity index is 1440. The number of piperidine rings is 1. The first kappa shape index (κ1) is 30.6. The normalized spacial score (nSPS) is 16.0. The van der Waals surface area contributed by atoms with E-state index in [1.54, 1.807) is 36.4 Å². The lowest BCUT2D eigenvalue weighted by molar-refractivity contribution is -0.143. The van der Waals surface area contributed by atoms with Gasteiger partial charge in [0.25, 0.3) is 5.91 Å². The number of halogens is 3. The van der Waals surface area contributed by atoms with Crippen LogP contribution in [0.5, 0.6) is 0 Å². The number of para-hydroxylation sites is 1. The molecular weight excluding hydrogens is 547 g/mol. The van der Waals surface area contributed by atoms with E-state index in [0.29, 0.717) is 41.9 Å². The van der Waals surface area contributed by atoms with E-state index < -0.39 is 30.5 Å². The van der Waals surface area contributed by atoms with Crippen molar-refractivity contribution in [1.82, 2.24) is 4.90 Å². The lowest BCUT2D eigenvalue weighted by atomic mass is 9.93. The number of carbonyl (C=O) groups is 3. The Hall–Kier alpha value is -4.34. The molecule has 3 N–H and O–H groups in total. The van der Waals surface area contributed by atoms with Crippen LogP contribution in [0.3, 0.4) is 0 Å². The second kappa shape index (κ2) is 13.1. The molecule has 0 aliphatic carbocycles. The van der Waals surface area contributed by atoms with E-state index in [4.69, 9.17) is 0 Å². The number of nitrogens with zero attached hydrogens (tertiary/aromatic N) is 1. The topological polar surface area (TPSA) is 98.7 Å². The highest BCUT2D eigenvalue weighted by atomic mass is 19.4. The summed E-state index contributed by atoms with van der Waals surface area (Å²) in [7, 11) is 0. The van der Waals surface area contributed by atoms with Gasteiger partial charge in [0.05, 0.1) is 12.0 Å². The second-order valence-electron chi connectivity index (χ2n) is 10.7. The summed E-state index contributed by atoms with van der Waals surface area (Å²) in [6, 6.07) is 18.7. The number of hydrogen-bond acceptors (Lipinski definition) is 4. The molecule has 2 amide bonds. The molecule has 7 nitrogen and oxygen atoms in total. The molecule has 42 heavy (non-hydrogen) atoms. The quantitative estimate of drug-likeness (QED) is 0.252. The van der Waals surface area contributed by atoms with Crippen molar-refractivity contribution in [3.8, 4) is 11.1 Å². The summed E-state index contributed by atoms with van der Waals surface area (Å²) in [6.07, 6.45) is -4.36.